The van der Waals surface area contributed by atoms with E-state index in [1.54, 1.807) is 0 Å². The number of halogens is 1. The lowest BCUT2D eigenvalue weighted by Crippen LogP contribution is -1.98. The number of thiophene rings is 1. The van der Waals surface area contributed by atoms with E-state index in [-0.39, 0.29) is 0 Å². The molecule has 0 aliphatic rings. The van der Waals surface area contributed by atoms with Gasteiger partial charge >= 0.3 is 0 Å². The molecule has 2 rings (SSSR count). The molecule has 0 amide bonds. The Balaban J connectivity index is 2.13. The zero-order chi connectivity index (χ0) is 11.5. The summed E-state index contributed by atoms with van der Waals surface area (Å²) in [5.74, 6) is 0. The van der Waals surface area contributed by atoms with Gasteiger partial charge in [0.2, 0.25) is 0 Å². The maximum atomic E-state index is 4.43. The third-order valence-electron chi connectivity index (χ3n) is 2.56. The van der Waals surface area contributed by atoms with Crippen molar-refractivity contribution in [1.29, 1.82) is 0 Å². The fourth-order valence-corrected chi connectivity index (χ4v) is 3.22. The summed E-state index contributed by atoms with van der Waals surface area (Å²) in [6.45, 7) is 4.25. The minimum absolute atomic E-state index is 0.375. The Hall–Kier alpha value is -0.670. The molecule has 1 nitrogen and oxygen atoms in total. The number of aryl methyl sites for hydroxylation is 2. The summed E-state index contributed by atoms with van der Waals surface area (Å²) >= 11 is 5.59. The average molecular weight is 296 g/mol. The van der Waals surface area contributed by atoms with Crippen molar-refractivity contribution in [1.82, 2.24) is 4.98 Å². The number of hydrogen-bond donors (Lipinski definition) is 0. The highest BCUT2D eigenvalue weighted by Gasteiger charge is 2.12. The Morgan fingerprint density at radius 1 is 1.31 bits per heavy atom. The molecule has 84 valence electrons. The molecule has 0 bridgehead atoms. The van der Waals surface area contributed by atoms with Crippen LogP contribution in [0.3, 0.4) is 0 Å². The van der Waals surface area contributed by atoms with Crippen LogP contribution in [-0.2, 0) is 6.42 Å². The molecule has 0 radical (unpaired) electrons. The summed E-state index contributed by atoms with van der Waals surface area (Å²) in [7, 11) is 0. The van der Waals surface area contributed by atoms with E-state index < -0.39 is 0 Å². The Bertz CT molecular complexity index is 478. The number of aromatic nitrogens is 1. The second-order valence-corrected chi connectivity index (χ2v) is 6.31. The fraction of sp³-hybridized carbons (Fsp3) is 0.308. The van der Waals surface area contributed by atoms with Gasteiger partial charge in [0.25, 0.3) is 0 Å². The molecule has 0 aliphatic heterocycles. The van der Waals surface area contributed by atoms with E-state index in [4.69, 9.17) is 0 Å². The van der Waals surface area contributed by atoms with Crippen LogP contribution in [0.2, 0.25) is 0 Å². The molecule has 0 fully saturated rings. The summed E-state index contributed by atoms with van der Waals surface area (Å²) in [5, 5.41) is 0. The van der Waals surface area contributed by atoms with Gasteiger partial charge < -0.3 is 0 Å². The highest BCUT2D eigenvalue weighted by atomic mass is 79.9. The maximum absolute atomic E-state index is 4.43. The molecule has 2 heterocycles. The zero-order valence-electron chi connectivity index (χ0n) is 9.40. The van der Waals surface area contributed by atoms with Crippen LogP contribution < -0.4 is 0 Å². The summed E-state index contributed by atoms with van der Waals surface area (Å²) in [5.41, 5.74) is 2.44. The molecule has 0 saturated carbocycles. The molecule has 0 aliphatic carbocycles. The first kappa shape index (κ1) is 11.8. The van der Waals surface area contributed by atoms with Crippen LogP contribution in [0.15, 0.2) is 30.5 Å². The van der Waals surface area contributed by atoms with Crippen molar-refractivity contribution in [2.24, 2.45) is 0 Å². The first-order valence-electron chi connectivity index (χ1n) is 5.27. The third-order valence-corrected chi connectivity index (χ3v) is 4.79. The number of alkyl halides is 1. The quantitative estimate of drug-likeness (QED) is 0.763. The largest absolute Gasteiger partial charge is 0.261 e. The van der Waals surface area contributed by atoms with Gasteiger partial charge in [-0.05, 0) is 37.6 Å². The minimum Gasteiger partial charge on any atom is -0.261 e. The number of rotatable bonds is 3. The first-order chi connectivity index (χ1) is 7.66. The van der Waals surface area contributed by atoms with Crippen molar-refractivity contribution in [2.45, 2.75) is 25.1 Å². The van der Waals surface area contributed by atoms with E-state index in [0.717, 1.165) is 6.42 Å². The van der Waals surface area contributed by atoms with E-state index in [2.05, 4.69) is 53.0 Å². The molecule has 3 heteroatoms. The molecule has 2 aromatic rings. The molecule has 1 unspecified atom stereocenters. The van der Waals surface area contributed by atoms with E-state index >= 15 is 0 Å². The normalized spacial score (nSPS) is 12.7. The number of nitrogens with zero attached hydrogens (tertiary/aromatic N) is 1. The lowest BCUT2D eigenvalue weighted by molar-refractivity contribution is 0.905. The number of hydrogen-bond acceptors (Lipinski definition) is 2. The third kappa shape index (κ3) is 2.71. The van der Waals surface area contributed by atoms with E-state index in [9.17, 15) is 0 Å². The average Bonchev–Trinajstić information content (AvgIpc) is 2.68. The van der Waals surface area contributed by atoms with Gasteiger partial charge in [0.05, 0.1) is 4.83 Å². The Morgan fingerprint density at radius 3 is 2.75 bits per heavy atom. The molecular formula is C13H14BrNS. The van der Waals surface area contributed by atoms with Gasteiger partial charge in [-0.2, -0.15) is 0 Å². The molecule has 16 heavy (non-hydrogen) atoms. The predicted molar refractivity (Wildman–Crippen MR) is 73.4 cm³/mol. The van der Waals surface area contributed by atoms with Gasteiger partial charge in [-0.25, -0.2) is 0 Å². The highest BCUT2D eigenvalue weighted by molar-refractivity contribution is 9.09. The smallest absolute Gasteiger partial charge is 0.0544 e. The van der Waals surface area contributed by atoms with Crippen LogP contribution in [-0.4, -0.2) is 4.98 Å². The van der Waals surface area contributed by atoms with Crippen LogP contribution in [0, 0.1) is 13.8 Å². The lowest BCUT2D eigenvalue weighted by atomic mass is 10.1. The number of pyridine rings is 1. The van der Waals surface area contributed by atoms with E-state index in [1.807, 2.05) is 23.6 Å². The SMILES string of the molecule is Cc1ccc(C(Br)Cc2ncccc2C)s1. The Morgan fingerprint density at radius 2 is 2.12 bits per heavy atom. The molecule has 2 aromatic heterocycles. The van der Waals surface area contributed by atoms with Gasteiger partial charge in [0.15, 0.2) is 0 Å². The van der Waals surface area contributed by atoms with Crippen LogP contribution in [0.25, 0.3) is 0 Å². The van der Waals surface area contributed by atoms with Gasteiger partial charge in [0, 0.05) is 28.1 Å². The molecule has 0 N–H and O–H groups in total. The summed E-state index contributed by atoms with van der Waals surface area (Å²) in [4.78, 5) is 7.54. The maximum Gasteiger partial charge on any atom is 0.0544 e. The molecule has 0 spiro atoms. The van der Waals surface area contributed by atoms with E-state index in [1.165, 1.54) is 21.0 Å². The van der Waals surface area contributed by atoms with Crippen molar-refractivity contribution < 1.29 is 0 Å². The van der Waals surface area contributed by atoms with Gasteiger partial charge in [-0.15, -0.1) is 11.3 Å². The predicted octanol–water partition coefficient (Wildman–Crippen LogP) is 4.44. The topological polar surface area (TPSA) is 12.9 Å². The zero-order valence-corrected chi connectivity index (χ0v) is 11.8. The van der Waals surface area contributed by atoms with Crippen LogP contribution in [0.4, 0.5) is 0 Å². The second kappa shape index (κ2) is 5.11. The summed E-state index contributed by atoms with van der Waals surface area (Å²) < 4.78 is 0. The van der Waals surface area contributed by atoms with Gasteiger partial charge in [0.1, 0.15) is 0 Å². The minimum atomic E-state index is 0.375. The highest BCUT2D eigenvalue weighted by Crippen LogP contribution is 2.32. The lowest BCUT2D eigenvalue weighted by Gasteiger charge is -2.08. The molecular weight excluding hydrogens is 282 g/mol. The van der Waals surface area contributed by atoms with Crippen LogP contribution in [0.1, 0.15) is 25.8 Å². The van der Waals surface area contributed by atoms with Gasteiger partial charge in [-0.3, -0.25) is 4.98 Å². The molecule has 0 saturated heterocycles. The van der Waals surface area contributed by atoms with Crippen molar-refractivity contribution in [3.8, 4) is 0 Å². The van der Waals surface area contributed by atoms with Crippen molar-refractivity contribution in [3.63, 3.8) is 0 Å². The van der Waals surface area contributed by atoms with E-state index in [0.29, 0.717) is 4.83 Å². The second-order valence-electron chi connectivity index (χ2n) is 3.89. The van der Waals surface area contributed by atoms with Crippen LogP contribution >= 0.6 is 27.3 Å². The van der Waals surface area contributed by atoms with Crippen molar-refractivity contribution in [3.05, 3.63) is 51.5 Å². The summed E-state index contributed by atoms with van der Waals surface area (Å²) in [6.07, 6.45) is 2.81. The van der Waals surface area contributed by atoms with Crippen molar-refractivity contribution >= 4 is 27.3 Å². The van der Waals surface area contributed by atoms with Gasteiger partial charge in [-0.1, -0.05) is 22.0 Å². The summed E-state index contributed by atoms with van der Waals surface area (Å²) in [6, 6.07) is 8.45. The standard InChI is InChI=1S/C13H14BrNS/c1-9-4-3-7-15-12(9)8-11(14)13-6-5-10(2)16-13/h3-7,11H,8H2,1-2H3. The van der Waals surface area contributed by atoms with Crippen molar-refractivity contribution in [2.75, 3.05) is 0 Å². The first-order valence-corrected chi connectivity index (χ1v) is 7.01. The fourth-order valence-electron chi connectivity index (χ4n) is 1.62. The molecule has 1 atom stereocenters. The van der Waals surface area contributed by atoms with Crippen LogP contribution in [0.5, 0.6) is 0 Å². The Labute approximate surface area is 109 Å². The Kier molecular flexibility index (Phi) is 3.77. The molecule has 0 aromatic carbocycles. The monoisotopic (exact) mass is 295 g/mol.